The van der Waals surface area contributed by atoms with Gasteiger partial charge < -0.3 is 10.2 Å². The molecule has 0 bridgehead atoms. The molecule has 0 radical (unpaired) electrons. The standard InChI is InChI=1S/C16H21N3O3S.ClH/c1-12-18-16(11-22-12)13-5-7-15(8-6-13)23(20,21)19-9-3-2-4-14(19)10-17;/h5-8,11,14H,2-4,9-10,17H2,1H3;1H. The van der Waals surface area contributed by atoms with Gasteiger partial charge in [0.05, 0.1) is 4.90 Å². The normalized spacial score (nSPS) is 19.0. The molecule has 1 aromatic carbocycles. The number of nitrogens with two attached hydrogens (primary N) is 1. The molecule has 0 amide bonds. The van der Waals surface area contributed by atoms with Crippen LogP contribution in [0.25, 0.3) is 11.3 Å². The Labute approximate surface area is 148 Å². The van der Waals surface area contributed by atoms with E-state index in [4.69, 9.17) is 10.2 Å². The molecule has 2 N–H and O–H groups in total. The summed E-state index contributed by atoms with van der Waals surface area (Å²) in [5, 5.41) is 0. The summed E-state index contributed by atoms with van der Waals surface area (Å²) >= 11 is 0. The number of aromatic nitrogens is 1. The predicted molar refractivity (Wildman–Crippen MR) is 94.5 cm³/mol. The van der Waals surface area contributed by atoms with Crippen molar-refractivity contribution in [3.05, 3.63) is 36.4 Å². The van der Waals surface area contributed by atoms with E-state index in [0.717, 1.165) is 24.8 Å². The second-order valence-electron chi connectivity index (χ2n) is 5.78. The van der Waals surface area contributed by atoms with Gasteiger partial charge in [-0.3, -0.25) is 0 Å². The second-order valence-corrected chi connectivity index (χ2v) is 7.67. The van der Waals surface area contributed by atoms with Gasteiger partial charge in [-0.1, -0.05) is 18.6 Å². The van der Waals surface area contributed by atoms with Crippen molar-refractivity contribution in [2.24, 2.45) is 5.73 Å². The lowest BCUT2D eigenvalue weighted by Crippen LogP contribution is -2.47. The van der Waals surface area contributed by atoms with Crippen molar-refractivity contribution in [2.75, 3.05) is 13.1 Å². The van der Waals surface area contributed by atoms with E-state index in [9.17, 15) is 8.42 Å². The Morgan fingerprint density at radius 2 is 2.00 bits per heavy atom. The first kappa shape index (κ1) is 18.9. The van der Waals surface area contributed by atoms with E-state index in [1.165, 1.54) is 0 Å². The molecule has 0 spiro atoms. The van der Waals surface area contributed by atoms with Crippen LogP contribution < -0.4 is 5.73 Å². The third kappa shape index (κ3) is 3.64. The van der Waals surface area contributed by atoms with Gasteiger partial charge in [-0.25, -0.2) is 13.4 Å². The van der Waals surface area contributed by atoms with Gasteiger partial charge in [0.1, 0.15) is 12.0 Å². The highest BCUT2D eigenvalue weighted by molar-refractivity contribution is 7.89. The van der Waals surface area contributed by atoms with Crippen molar-refractivity contribution < 1.29 is 12.8 Å². The molecule has 0 aliphatic carbocycles. The Bertz CT molecular complexity index is 774. The average molecular weight is 372 g/mol. The van der Waals surface area contributed by atoms with Crippen LogP contribution in [0.3, 0.4) is 0 Å². The highest BCUT2D eigenvalue weighted by Crippen LogP contribution is 2.27. The molecule has 132 valence electrons. The number of aryl methyl sites for hydroxylation is 1. The van der Waals surface area contributed by atoms with E-state index in [1.54, 1.807) is 41.8 Å². The Kier molecular flexibility index (Phi) is 6.03. The maximum atomic E-state index is 12.8. The molecule has 24 heavy (non-hydrogen) atoms. The summed E-state index contributed by atoms with van der Waals surface area (Å²) in [5.41, 5.74) is 7.27. The molecule has 2 heterocycles. The molecule has 1 aliphatic rings. The lowest BCUT2D eigenvalue weighted by Gasteiger charge is -2.33. The molecule has 0 saturated carbocycles. The third-order valence-electron chi connectivity index (χ3n) is 4.22. The topological polar surface area (TPSA) is 89.4 Å². The lowest BCUT2D eigenvalue weighted by atomic mass is 10.1. The van der Waals surface area contributed by atoms with E-state index in [-0.39, 0.29) is 18.4 Å². The lowest BCUT2D eigenvalue weighted by molar-refractivity contribution is 0.257. The molecule has 1 atom stereocenters. The summed E-state index contributed by atoms with van der Waals surface area (Å²) in [6.07, 6.45) is 4.30. The van der Waals surface area contributed by atoms with Crippen LogP contribution in [0, 0.1) is 6.92 Å². The summed E-state index contributed by atoms with van der Waals surface area (Å²) in [6.45, 7) is 2.66. The van der Waals surface area contributed by atoms with Gasteiger partial charge in [0.15, 0.2) is 5.89 Å². The van der Waals surface area contributed by atoms with Crippen molar-refractivity contribution in [3.63, 3.8) is 0 Å². The van der Waals surface area contributed by atoms with E-state index in [0.29, 0.717) is 29.6 Å². The summed E-state index contributed by atoms with van der Waals surface area (Å²) in [4.78, 5) is 4.54. The van der Waals surface area contributed by atoms with Crippen LogP contribution in [0.4, 0.5) is 0 Å². The van der Waals surface area contributed by atoms with Crippen molar-refractivity contribution in [1.29, 1.82) is 0 Å². The highest BCUT2D eigenvalue weighted by Gasteiger charge is 2.32. The number of nitrogens with zero attached hydrogens (tertiary/aromatic N) is 2. The second kappa shape index (κ2) is 7.65. The number of halogens is 1. The van der Waals surface area contributed by atoms with Crippen LogP contribution in [-0.2, 0) is 10.0 Å². The Morgan fingerprint density at radius 1 is 1.29 bits per heavy atom. The monoisotopic (exact) mass is 371 g/mol. The SMILES string of the molecule is Cc1nc(-c2ccc(S(=O)(=O)N3CCCCC3CN)cc2)co1.Cl. The Hall–Kier alpha value is -1.41. The number of hydrogen-bond acceptors (Lipinski definition) is 5. The quantitative estimate of drug-likeness (QED) is 0.892. The number of hydrogen-bond donors (Lipinski definition) is 1. The zero-order valence-corrected chi connectivity index (χ0v) is 15.1. The molecule has 8 heteroatoms. The van der Waals surface area contributed by atoms with Gasteiger partial charge in [0.25, 0.3) is 0 Å². The van der Waals surface area contributed by atoms with Crippen LogP contribution in [0.15, 0.2) is 39.8 Å². The Morgan fingerprint density at radius 3 is 2.58 bits per heavy atom. The van der Waals surface area contributed by atoms with Gasteiger partial charge in [-0.15, -0.1) is 12.4 Å². The van der Waals surface area contributed by atoms with Crippen molar-refractivity contribution in [3.8, 4) is 11.3 Å². The van der Waals surface area contributed by atoms with Gasteiger partial charge in [-0.2, -0.15) is 4.31 Å². The largest absolute Gasteiger partial charge is 0.449 e. The molecule has 1 fully saturated rings. The highest BCUT2D eigenvalue weighted by atomic mass is 35.5. The van der Waals surface area contributed by atoms with E-state index < -0.39 is 10.0 Å². The molecule has 2 aromatic rings. The van der Waals surface area contributed by atoms with E-state index in [1.807, 2.05) is 0 Å². The zero-order valence-electron chi connectivity index (χ0n) is 13.5. The van der Waals surface area contributed by atoms with Crippen LogP contribution in [-0.4, -0.2) is 36.8 Å². The van der Waals surface area contributed by atoms with E-state index in [2.05, 4.69) is 4.98 Å². The fraction of sp³-hybridized carbons (Fsp3) is 0.438. The third-order valence-corrected chi connectivity index (χ3v) is 6.19. The van der Waals surface area contributed by atoms with Gasteiger partial charge >= 0.3 is 0 Å². The summed E-state index contributed by atoms with van der Waals surface area (Å²) in [7, 11) is -3.51. The maximum absolute atomic E-state index is 12.8. The van der Waals surface area contributed by atoms with Crippen LogP contribution >= 0.6 is 12.4 Å². The summed E-state index contributed by atoms with van der Waals surface area (Å²) < 4.78 is 32.4. The number of benzene rings is 1. The van der Waals surface area contributed by atoms with Crippen LogP contribution in [0.1, 0.15) is 25.2 Å². The predicted octanol–water partition coefficient (Wildman–Crippen LogP) is 2.57. The number of rotatable bonds is 4. The maximum Gasteiger partial charge on any atom is 0.243 e. The first-order valence-corrected chi connectivity index (χ1v) is 9.21. The molecular formula is C16H22ClN3O3S. The fourth-order valence-corrected chi connectivity index (χ4v) is 4.66. The minimum Gasteiger partial charge on any atom is -0.449 e. The van der Waals surface area contributed by atoms with E-state index >= 15 is 0 Å². The molecule has 3 rings (SSSR count). The fourth-order valence-electron chi connectivity index (χ4n) is 2.96. The van der Waals surface area contributed by atoms with Gasteiger partial charge in [-0.05, 0) is 25.0 Å². The zero-order chi connectivity index (χ0) is 16.4. The first-order chi connectivity index (χ1) is 11.0. The minimum absolute atomic E-state index is 0. The van der Waals surface area contributed by atoms with Crippen molar-refractivity contribution in [1.82, 2.24) is 9.29 Å². The molecule has 1 aromatic heterocycles. The summed E-state index contributed by atoms with van der Waals surface area (Å²) in [6, 6.07) is 6.65. The van der Waals surface area contributed by atoms with Gasteiger partial charge in [0, 0.05) is 31.6 Å². The molecular weight excluding hydrogens is 350 g/mol. The van der Waals surface area contributed by atoms with Gasteiger partial charge in [0.2, 0.25) is 10.0 Å². The number of oxazole rings is 1. The average Bonchev–Trinajstić information content (AvgIpc) is 3.01. The molecule has 1 aliphatic heterocycles. The first-order valence-electron chi connectivity index (χ1n) is 7.77. The smallest absolute Gasteiger partial charge is 0.243 e. The number of piperidine rings is 1. The Balaban J connectivity index is 0.00000208. The van der Waals surface area contributed by atoms with Crippen LogP contribution in [0.2, 0.25) is 0 Å². The van der Waals surface area contributed by atoms with Crippen LogP contribution in [0.5, 0.6) is 0 Å². The van der Waals surface area contributed by atoms with Crippen molar-refractivity contribution in [2.45, 2.75) is 37.1 Å². The number of sulfonamides is 1. The summed E-state index contributed by atoms with van der Waals surface area (Å²) in [5.74, 6) is 0.579. The minimum atomic E-state index is -3.51. The molecule has 1 unspecified atom stereocenters. The molecule has 1 saturated heterocycles. The molecule has 6 nitrogen and oxygen atoms in total. The van der Waals surface area contributed by atoms with Crippen molar-refractivity contribution >= 4 is 22.4 Å².